The van der Waals surface area contributed by atoms with E-state index in [0.29, 0.717) is 31.6 Å². The maximum Gasteiger partial charge on any atom is 0.433 e. The molecule has 6 nitrogen and oxygen atoms in total. The molecule has 0 aliphatic carbocycles. The van der Waals surface area contributed by atoms with Crippen molar-refractivity contribution in [2.45, 2.75) is 31.9 Å². The standard InChI is InChI=1S/C17H17F3N4O2/c1-3-4-7-26-16(25)23-6-5-12(10-23)13-9-15-21-11(2)8-14(17(18,19)20)24(15)22-13/h1,8-9,12H,4-7,10H2,2H3/t12-/m1/s1. The van der Waals surface area contributed by atoms with Crippen LogP contribution < -0.4 is 0 Å². The monoisotopic (exact) mass is 366 g/mol. The van der Waals surface area contributed by atoms with Crippen molar-refractivity contribution in [3.8, 4) is 12.3 Å². The molecule has 9 heteroatoms. The summed E-state index contributed by atoms with van der Waals surface area (Å²) in [6.07, 6.45) is 1.03. The first-order chi connectivity index (χ1) is 12.3. The number of ether oxygens (including phenoxy) is 1. The maximum atomic E-state index is 13.2. The number of carbonyl (C=O) groups is 1. The van der Waals surface area contributed by atoms with Gasteiger partial charge in [0.15, 0.2) is 5.65 Å². The molecule has 2 aromatic rings. The number of aromatic nitrogens is 3. The van der Waals surface area contributed by atoms with Crippen molar-refractivity contribution in [3.05, 3.63) is 29.2 Å². The number of hydrogen-bond donors (Lipinski definition) is 0. The molecular weight excluding hydrogens is 349 g/mol. The molecule has 0 N–H and O–H groups in total. The zero-order chi connectivity index (χ0) is 18.9. The molecule has 0 saturated carbocycles. The van der Waals surface area contributed by atoms with Crippen molar-refractivity contribution in [2.24, 2.45) is 0 Å². The van der Waals surface area contributed by atoms with Crippen molar-refractivity contribution < 1.29 is 22.7 Å². The van der Waals surface area contributed by atoms with Gasteiger partial charge in [0.2, 0.25) is 0 Å². The van der Waals surface area contributed by atoms with Gasteiger partial charge in [-0.05, 0) is 19.4 Å². The van der Waals surface area contributed by atoms with Crippen molar-refractivity contribution in [3.63, 3.8) is 0 Å². The van der Waals surface area contributed by atoms with E-state index in [1.807, 2.05) is 0 Å². The summed E-state index contributed by atoms with van der Waals surface area (Å²) in [6, 6.07) is 2.51. The van der Waals surface area contributed by atoms with Gasteiger partial charge < -0.3 is 9.64 Å². The Hall–Kier alpha value is -2.76. The average molecular weight is 366 g/mol. The Morgan fingerprint density at radius 3 is 2.92 bits per heavy atom. The summed E-state index contributed by atoms with van der Waals surface area (Å²) in [7, 11) is 0. The quantitative estimate of drug-likeness (QED) is 0.619. The molecule has 0 unspecified atom stereocenters. The van der Waals surface area contributed by atoms with Gasteiger partial charge in [-0.15, -0.1) is 12.3 Å². The second kappa shape index (κ2) is 6.86. The number of rotatable bonds is 3. The number of amides is 1. The highest BCUT2D eigenvalue weighted by Gasteiger charge is 2.36. The van der Waals surface area contributed by atoms with E-state index in [2.05, 4.69) is 16.0 Å². The first kappa shape index (κ1) is 18.0. The minimum atomic E-state index is -4.53. The van der Waals surface area contributed by atoms with Gasteiger partial charge in [-0.1, -0.05) is 0 Å². The lowest BCUT2D eigenvalue weighted by atomic mass is 10.1. The number of terminal acetylenes is 1. The third-order valence-corrected chi connectivity index (χ3v) is 4.20. The van der Waals surface area contributed by atoms with Crippen LogP contribution in [0.4, 0.5) is 18.0 Å². The summed E-state index contributed by atoms with van der Waals surface area (Å²) in [5.41, 5.74) is 0.0195. The van der Waals surface area contributed by atoms with Crippen LogP contribution in [0.2, 0.25) is 0 Å². The first-order valence-electron chi connectivity index (χ1n) is 8.09. The maximum absolute atomic E-state index is 13.2. The van der Waals surface area contributed by atoms with Gasteiger partial charge >= 0.3 is 12.3 Å². The van der Waals surface area contributed by atoms with Gasteiger partial charge in [-0.2, -0.15) is 18.3 Å². The minimum absolute atomic E-state index is 0.141. The van der Waals surface area contributed by atoms with Crippen molar-refractivity contribution in [1.29, 1.82) is 0 Å². The fraction of sp³-hybridized carbons (Fsp3) is 0.471. The smallest absolute Gasteiger partial charge is 0.433 e. The average Bonchev–Trinajstić information content (AvgIpc) is 3.19. The predicted octanol–water partition coefficient (Wildman–Crippen LogP) is 3.01. The lowest BCUT2D eigenvalue weighted by Crippen LogP contribution is -2.29. The Labute approximate surface area is 147 Å². The molecule has 1 aliphatic rings. The molecule has 1 fully saturated rings. The number of carbonyl (C=O) groups excluding carboxylic acids is 1. The minimum Gasteiger partial charge on any atom is -0.448 e. The summed E-state index contributed by atoms with van der Waals surface area (Å²) in [5.74, 6) is 2.21. The molecule has 138 valence electrons. The van der Waals surface area contributed by atoms with Gasteiger partial charge in [0.25, 0.3) is 0 Å². The predicted molar refractivity (Wildman–Crippen MR) is 86.5 cm³/mol. The molecule has 3 heterocycles. The van der Waals surface area contributed by atoms with E-state index < -0.39 is 18.0 Å². The number of aryl methyl sites for hydroxylation is 1. The molecule has 2 aromatic heterocycles. The van der Waals surface area contributed by atoms with Gasteiger partial charge in [-0.3, -0.25) is 0 Å². The van der Waals surface area contributed by atoms with E-state index in [1.165, 1.54) is 11.8 Å². The van der Waals surface area contributed by atoms with Crippen LogP contribution in [0.3, 0.4) is 0 Å². The van der Waals surface area contributed by atoms with E-state index in [0.717, 1.165) is 10.6 Å². The van der Waals surface area contributed by atoms with Crippen LogP contribution in [0, 0.1) is 19.3 Å². The summed E-state index contributed by atoms with van der Waals surface area (Å²) in [4.78, 5) is 17.6. The lowest BCUT2D eigenvalue weighted by Gasteiger charge is -2.15. The molecule has 1 aliphatic heterocycles. The molecule has 0 radical (unpaired) electrons. The lowest BCUT2D eigenvalue weighted by molar-refractivity contribution is -0.142. The zero-order valence-electron chi connectivity index (χ0n) is 14.1. The number of halogens is 3. The topological polar surface area (TPSA) is 59.7 Å². The molecule has 0 spiro atoms. The summed E-state index contributed by atoms with van der Waals surface area (Å²) in [6.45, 7) is 2.43. The zero-order valence-corrected chi connectivity index (χ0v) is 14.1. The fourth-order valence-electron chi connectivity index (χ4n) is 2.98. The van der Waals surface area contributed by atoms with Crippen molar-refractivity contribution in [2.75, 3.05) is 19.7 Å². The Balaban J connectivity index is 1.80. The second-order valence-corrected chi connectivity index (χ2v) is 6.12. The number of fused-ring (bicyclic) bond motifs is 1. The van der Waals surface area contributed by atoms with E-state index in [1.54, 1.807) is 6.07 Å². The van der Waals surface area contributed by atoms with Gasteiger partial charge in [0.05, 0.1) is 5.69 Å². The van der Waals surface area contributed by atoms with E-state index >= 15 is 0 Å². The van der Waals surface area contributed by atoms with Crippen LogP contribution >= 0.6 is 0 Å². The molecule has 3 rings (SSSR count). The van der Waals surface area contributed by atoms with Crippen LogP contribution in [0.1, 0.15) is 35.8 Å². The Bertz CT molecular complexity index is 869. The van der Waals surface area contributed by atoms with E-state index in [-0.39, 0.29) is 23.9 Å². The number of hydrogen-bond acceptors (Lipinski definition) is 4. The molecule has 1 amide bonds. The Morgan fingerprint density at radius 1 is 1.46 bits per heavy atom. The fourth-order valence-corrected chi connectivity index (χ4v) is 2.98. The van der Waals surface area contributed by atoms with Gasteiger partial charge in [0, 0.05) is 37.2 Å². The largest absolute Gasteiger partial charge is 0.448 e. The van der Waals surface area contributed by atoms with E-state index in [4.69, 9.17) is 11.2 Å². The highest BCUT2D eigenvalue weighted by Crippen LogP contribution is 2.32. The number of nitrogens with zero attached hydrogens (tertiary/aromatic N) is 4. The van der Waals surface area contributed by atoms with Crippen LogP contribution in [-0.2, 0) is 10.9 Å². The molecular formula is C17H17F3N4O2. The summed E-state index contributed by atoms with van der Waals surface area (Å²) < 4.78 is 45.5. The van der Waals surface area contributed by atoms with Crippen LogP contribution in [-0.4, -0.2) is 45.3 Å². The molecule has 1 saturated heterocycles. The van der Waals surface area contributed by atoms with Crippen LogP contribution in [0.25, 0.3) is 5.65 Å². The summed E-state index contributed by atoms with van der Waals surface area (Å²) in [5, 5.41) is 4.10. The molecule has 1 atom stereocenters. The normalized spacial score (nSPS) is 17.5. The van der Waals surface area contributed by atoms with Crippen LogP contribution in [0.15, 0.2) is 12.1 Å². The third kappa shape index (κ3) is 3.59. The summed E-state index contributed by atoms with van der Waals surface area (Å²) >= 11 is 0. The Morgan fingerprint density at radius 2 is 2.23 bits per heavy atom. The molecule has 0 bridgehead atoms. The SMILES string of the molecule is C#CCCOC(=O)N1CC[C@@H](c2cc3nc(C)cc(C(F)(F)F)n3n2)C1. The number of alkyl halides is 3. The van der Waals surface area contributed by atoms with Crippen molar-refractivity contribution in [1.82, 2.24) is 19.5 Å². The third-order valence-electron chi connectivity index (χ3n) is 4.20. The molecule has 26 heavy (non-hydrogen) atoms. The molecule has 0 aromatic carbocycles. The van der Waals surface area contributed by atoms with Crippen molar-refractivity contribution >= 4 is 11.7 Å². The first-order valence-corrected chi connectivity index (χ1v) is 8.09. The van der Waals surface area contributed by atoms with Crippen LogP contribution in [0.5, 0.6) is 0 Å². The van der Waals surface area contributed by atoms with E-state index in [9.17, 15) is 18.0 Å². The highest BCUT2D eigenvalue weighted by molar-refractivity contribution is 5.68. The Kier molecular flexibility index (Phi) is 4.76. The second-order valence-electron chi connectivity index (χ2n) is 6.12. The number of likely N-dealkylation sites (tertiary alicyclic amines) is 1. The van der Waals surface area contributed by atoms with Gasteiger partial charge in [-0.25, -0.2) is 14.3 Å². The van der Waals surface area contributed by atoms with Gasteiger partial charge in [0.1, 0.15) is 12.3 Å². The highest BCUT2D eigenvalue weighted by atomic mass is 19.4.